The number of rotatable bonds is 6. The van der Waals surface area contributed by atoms with Crippen molar-refractivity contribution in [3.63, 3.8) is 0 Å². The molecule has 0 heterocycles. The zero-order chi connectivity index (χ0) is 14.2. The molecule has 104 valence electrons. The van der Waals surface area contributed by atoms with Crippen LogP contribution in [0.2, 0.25) is 0 Å². The maximum atomic E-state index is 11.8. The second-order valence-corrected chi connectivity index (χ2v) is 4.82. The Morgan fingerprint density at radius 1 is 1.05 bits per heavy atom. The molecule has 3 nitrogen and oxygen atoms in total. The Balaban J connectivity index is 1.73. The number of hydrogen-bond acceptors (Lipinski definition) is 3. The van der Waals surface area contributed by atoms with Crippen molar-refractivity contribution in [3.8, 4) is 0 Å². The first-order chi connectivity index (χ1) is 9.75. The van der Waals surface area contributed by atoms with Gasteiger partial charge in [-0.05, 0) is 24.3 Å². The third-order valence-corrected chi connectivity index (χ3v) is 2.94. The largest absolute Gasteiger partial charge is 0.462 e. The van der Waals surface area contributed by atoms with Gasteiger partial charge in [0.15, 0.2) is 0 Å². The standard InChI is InChI=1S/C17H19NO2/c1-14(12-18-16-10-6-3-7-11-16)13-20-17(19)15-8-4-2-5-9-15/h2-11,14,18H,12-13H2,1H3. The van der Waals surface area contributed by atoms with Crippen molar-refractivity contribution in [3.05, 3.63) is 66.2 Å². The Kier molecular flexibility index (Phi) is 5.18. The topological polar surface area (TPSA) is 38.3 Å². The van der Waals surface area contributed by atoms with E-state index in [-0.39, 0.29) is 11.9 Å². The molecule has 2 aromatic rings. The Labute approximate surface area is 119 Å². The van der Waals surface area contributed by atoms with E-state index in [1.54, 1.807) is 12.1 Å². The lowest BCUT2D eigenvalue weighted by atomic mass is 10.2. The van der Waals surface area contributed by atoms with Gasteiger partial charge in [-0.25, -0.2) is 4.79 Å². The van der Waals surface area contributed by atoms with Gasteiger partial charge in [0.1, 0.15) is 0 Å². The van der Waals surface area contributed by atoms with Crippen LogP contribution in [-0.4, -0.2) is 19.1 Å². The molecule has 20 heavy (non-hydrogen) atoms. The van der Waals surface area contributed by atoms with E-state index in [9.17, 15) is 4.79 Å². The van der Waals surface area contributed by atoms with Crippen molar-refractivity contribution in [1.82, 2.24) is 0 Å². The number of carbonyl (C=O) groups is 1. The molecule has 1 unspecified atom stereocenters. The van der Waals surface area contributed by atoms with E-state index >= 15 is 0 Å². The van der Waals surface area contributed by atoms with Crippen LogP contribution in [-0.2, 0) is 4.74 Å². The second-order valence-electron chi connectivity index (χ2n) is 4.82. The minimum atomic E-state index is -0.267. The molecule has 0 aliphatic rings. The summed E-state index contributed by atoms with van der Waals surface area (Å²) >= 11 is 0. The number of nitrogens with one attached hydrogen (secondary N) is 1. The van der Waals surface area contributed by atoms with Gasteiger partial charge in [0, 0.05) is 18.2 Å². The number of para-hydroxylation sites is 1. The van der Waals surface area contributed by atoms with E-state index in [1.807, 2.05) is 55.5 Å². The summed E-state index contributed by atoms with van der Waals surface area (Å²) in [6.45, 7) is 3.23. The van der Waals surface area contributed by atoms with Crippen LogP contribution in [0.3, 0.4) is 0 Å². The lowest BCUT2D eigenvalue weighted by molar-refractivity contribution is 0.0456. The van der Waals surface area contributed by atoms with Crippen molar-refractivity contribution in [2.45, 2.75) is 6.92 Å². The third-order valence-electron chi connectivity index (χ3n) is 2.94. The summed E-state index contributed by atoms with van der Waals surface area (Å²) in [5, 5.41) is 3.32. The highest BCUT2D eigenvalue weighted by atomic mass is 16.5. The first kappa shape index (κ1) is 14.1. The summed E-state index contributed by atoms with van der Waals surface area (Å²) in [5.74, 6) is -0.0139. The molecule has 0 radical (unpaired) electrons. The Morgan fingerprint density at radius 2 is 1.65 bits per heavy atom. The molecule has 2 aromatic carbocycles. The summed E-state index contributed by atoms with van der Waals surface area (Å²) in [5.41, 5.74) is 1.67. The molecule has 0 aliphatic carbocycles. The van der Waals surface area contributed by atoms with Gasteiger partial charge in [-0.2, -0.15) is 0 Å². The fraction of sp³-hybridized carbons (Fsp3) is 0.235. The first-order valence-corrected chi connectivity index (χ1v) is 6.77. The molecule has 1 N–H and O–H groups in total. The minimum absolute atomic E-state index is 0.253. The van der Waals surface area contributed by atoms with Crippen LogP contribution in [0.4, 0.5) is 5.69 Å². The van der Waals surface area contributed by atoms with Gasteiger partial charge < -0.3 is 10.1 Å². The maximum absolute atomic E-state index is 11.8. The van der Waals surface area contributed by atoms with Gasteiger partial charge in [-0.15, -0.1) is 0 Å². The fourth-order valence-electron chi connectivity index (χ4n) is 1.78. The Morgan fingerprint density at radius 3 is 2.30 bits per heavy atom. The van der Waals surface area contributed by atoms with E-state index in [4.69, 9.17) is 4.74 Å². The average molecular weight is 269 g/mol. The van der Waals surface area contributed by atoms with E-state index in [0.717, 1.165) is 12.2 Å². The van der Waals surface area contributed by atoms with Crippen molar-refractivity contribution < 1.29 is 9.53 Å². The molecule has 3 heteroatoms. The Hall–Kier alpha value is -2.29. The molecular formula is C17H19NO2. The molecule has 0 fully saturated rings. The van der Waals surface area contributed by atoms with Gasteiger partial charge >= 0.3 is 5.97 Å². The molecule has 0 saturated carbocycles. The van der Waals surface area contributed by atoms with Crippen LogP contribution in [0.15, 0.2) is 60.7 Å². The lowest BCUT2D eigenvalue weighted by Gasteiger charge is -2.14. The fourth-order valence-corrected chi connectivity index (χ4v) is 1.78. The average Bonchev–Trinajstić information content (AvgIpc) is 2.52. The van der Waals surface area contributed by atoms with Crippen LogP contribution in [0.25, 0.3) is 0 Å². The second kappa shape index (κ2) is 7.34. The van der Waals surface area contributed by atoms with E-state index in [1.165, 1.54) is 0 Å². The molecule has 0 spiro atoms. The van der Waals surface area contributed by atoms with Gasteiger partial charge in [-0.1, -0.05) is 43.3 Å². The van der Waals surface area contributed by atoms with Crippen molar-refractivity contribution in [2.24, 2.45) is 5.92 Å². The molecule has 0 bridgehead atoms. The van der Waals surface area contributed by atoms with Crippen LogP contribution in [0.5, 0.6) is 0 Å². The highest BCUT2D eigenvalue weighted by Gasteiger charge is 2.09. The summed E-state index contributed by atoms with van der Waals surface area (Å²) in [6.07, 6.45) is 0. The molecular weight excluding hydrogens is 250 g/mol. The molecule has 0 aliphatic heterocycles. The molecule has 1 atom stereocenters. The summed E-state index contributed by atoms with van der Waals surface area (Å²) in [7, 11) is 0. The van der Waals surface area contributed by atoms with Gasteiger partial charge in [0.25, 0.3) is 0 Å². The van der Waals surface area contributed by atoms with Crippen LogP contribution < -0.4 is 5.32 Å². The van der Waals surface area contributed by atoms with Crippen LogP contribution in [0, 0.1) is 5.92 Å². The quantitative estimate of drug-likeness (QED) is 0.814. The number of esters is 1. The maximum Gasteiger partial charge on any atom is 0.338 e. The molecule has 2 rings (SSSR count). The number of carbonyl (C=O) groups excluding carboxylic acids is 1. The molecule has 0 aromatic heterocycles. The van der Waals surface area contributed by atoms with Crippen molar-refractivity contribution >= 4 is 11.7 Å². The van der Waals surface area contributed by atoms with Crippen molar-refractivity contribution in [2.75, 3.05) is 18.5 Å². The highest BCUT2D eigenvalue weighted by molar-refractivity contribution is 5.89. The summed E-state index contributed by atoms with van der Waals surface area (Å²) in [4.78, 5) is 11.8. The monoisotopic (exact) mass is 269 g/mol. The van der Waals surface area contributed by atoms with Gasteiger partial charge in [0.05, 0.1) is 12.2 Å². The lowest BCUT2D eigenvalue weighted by Crippen LogP contribution is -2.19. The highest BCUT2D eigenvalue weighted by Crippen LogP contribution is 2.08. The molecule has 0 saturated heterocycles. The normalized spacial score (nSPS) is 11.7. The SMILES string of the molecule is CC(CNc1ccccc1)COC(=O)c1ccccc1. The van der Waals surface area contributed by atoms with E-state index in [2.05, 4.69) is 5.32 Å². The van der Waals surface area contributed by atoms with Gasteiger partial charge in [0.2, 0.25) is 0 Å². The van der Waals surface area contributed by atoms with Crippen LogP contribution >= 0.6 is 0 Å². The number of ether oxygens (including phenoxy) is 1. The van der Waals surface area contributed by atoms with Crippen molar-refractivity contribution in [1.29, 1.82) is 0 Å². The number of anilines is 1. The summed E-state index contributed by atoms with van der Waals surface area (Å²) in [6, 6.07) is 19.0. The predicted octanol–water partition coefficient (Wildman–Crippen LogP) is 3.59. The van der Waals surface area contributed by atoms with Crippen LogP contribution in [0.1, 0.15) is 17.3 Å². The Bertz CT molecular complexity index is 525. The van der Waals surface area contributed by atoms with E-state index < -0.39 is 0 Å². The van der Waals surface area contributed by atoms with E-state index in [0.29, 0.717) is 12.2 Å². The zero-order valence-corrected chi connectivity index (χ0v) is 11.6. The number of benzene rings is 2. The third kappa shape index (κ3) is 4.43. The predicted molar refractivity (Wildman–Crippen MR) is 80.8 cm³/mol. The smallest absolute Gasteiger partial charge is 0.338 e. The first-order valence-electron chi connectivity index (χ1n) is 6.77. The van der Waals surface area contributed by atoms with Gasteiger partial charge in [-0.3, -0.25) is 0 Å². The summed E-state index contributed by atoms with van der Waals surface area (Å²) < 4.78 is 5.30. The zero-order valence-electron chi connectivity index (χ0n) is 11.6. The number of hydrogen-bond donors (Lipinski definition) is 1. The molecule has 0 amide bonds. The minimum Gasteiger partial charge on any atom is -0.462 e.